The zero-order chi connectivity index (χ0) is 21.3. The van der Waals surface area contributed by atoms with E-state index in [-0.39, 0.29) is 16.7 Å². The molecule has 0 N–H and O–H groups in total. The van der Waals surface area contributed by atoms with Gasteiger partial charge in [0.15, 0.2) is 0 Å². The Balaban J connectivity index is 1.51. The van der Waals surface area contributed by atoms with Crippen LogP contribution >= 0.6 is 0 Å². The van der Waals surface area contributed by atoms with E-state index in [2.05, 4.69) is 15.1 Å². The highest BCUT2D eigenvalue weighted by Gasteiger charge is 2.33. The van der Waals surface area contributed by atoms with Gasteiger partial charge in [0.1, 0.15) is 10.7 Å². The fourth-order valence-corrected chi connectivity index (χ4v) is 5.72. The first-order chi connectivity index (χ1) is 14.4. The van der Waals surface area contributed by atoms with Crippen LogP contribution in [-0.4, -0.2) is 69.5 Å². The predicted octanol–water partition coefficient (Wildman–Crippen LogP) is 1.71. The van der Waals surface area contributed by atoms with Crippen LogP contribution in [-0.2, 0) is 17.1 Å². The lowest BCUT2D eigenvalue weighted by Gasteiger charge is -2.31. The minimum absolute atomic E-state index is 0.0109. The Morgan fingerprint density at radius 2 is 1.87 bits per heavy atom. The van der Waals surface area contributed by atoms with Gasteiger partial charge in [-0.25, -0.2) is 18.4 Å². The van der Waals surface area contributed by atoms with Gasteiger partial charge in [-0.05, 0) is 39.0 Å². The van der Waals surface area contributed by atoms with Crippen LogP contribution < -0.4 is 0 Å². The number of rotatable bonds is 4. The van der Waals surface area contributed by atoms with E-state index in [0.29, 0.717) is 30.2 Å². The second kappa shape index (κ2) is 8.43. The van der Waals surface area contributed by atoms with Gasteiger partial charge in [-0.3, -0.25) is 9.48 Å². The Morgan fingerprint density at radius 3 is 2.53 bits per heavy atom. The summed E-state index contributed by atoms with van der Waals surface area (Å²) in [5, 5.41) is 3.98. The monoisotopic (exact) mass is 432 g/mol. The Bertz CT molecular complexity index is 1030. The lowest BCUT2D eigenvalue weighted by atomic mass is 9.98. The maximum Gasteiger partial charge on any atom is 0.257 e. The fourth-order valence-electron chi connectivity index (χ4n) is 4.21. The lowest BCUT2D eigenvalue weighted by Crippen LogP contribution is -2.39. The Morgan fingerprint density at radius 1 is 1.10 bits per heavy atom. The standard InChI is InChI=1S/C20H28N6O3S/c1-15-18(20(27)25-8-4-3-5-9-25)12-21-19(23-15)16-7-6-10-26(13-16)30(28,29)17-11-22-24(2)14-17/h11-12,14,16H,3-10,13H2,1-2H3. The number of aromatic nitrogens is 4. The molecular formula is C20H28N6O3S. The number of carbonyl (C=O) groups is 1. The van der Waals surface area contributed by atoms with Crippen molar-refractivity contribution in [1.29, 1.82) is 0 Å². The summed E-state index contributed by atoms with van der Waals surface area (Å²) in [7, 11) is -1.90. The molecule has 2 aliphatic heterocycles. The minimum atomic E-state index is -3.59. The van der Waals surface area contributed by atoms with Crippen molar-refractivity contribution < 1.29 is 13.2 Å². The third-order valence-electron chi connectivity index (χ3n) is 5.94. The third kappa shape index (κ3) is 4.11. The van der Waals surface area contributed by atoms with Crippen molar-refractivity contribution >= 4 is 15.9 Å². The van der Waals surface area contributed by atoms with Crippen molar-refractivity contribution in [1.82, 2.24) is 29.0 Å². The quantitative estimate of drug-likeness (QED) is 0.729. The molecule has 4 heterocycles. The normalized spacial score (nSPS) is 21.0. The van der Waals surface area contributed by atoms with E-state index in [1.54, 1.807) is 13.2 Å². The molecule has 2 aromatic heterocycles. The topological polar surface area (TPSA) is 101 Å². The van der Waals surface area contributed by atoms with Crippen molar-refractivity contribution in [2.45, 2.75) is 49.8 Å². The second-order valence-corrected chi connectivity index (χ2v) is 10.1. The lowest BCUT2D eigenvalue weighted by molar-refractivity contribution is 0.0722. The van der Waals surface area contributed by atoms with E-state index in [1.807, 2.05) is 11.8 Å². The summed E-state index contributed by atoms with van der Waals surface area (Å²) in [5.74, 6) is 0.500. The van der Waals surface area contributed by atoms with E-state index in [0.717, 1.165) is 38.8 Å². The van der Waals surface area contributed by atoms with Gasteiger partial charge in [-0.2, -0.15) is 9.40 Å². The number of likely N-dealkylation sites (tertiary alicyclic amines) is 1. The zero-order valence-corrected chi connectivity index (χ0v) is 18.3. The van der Waals surface area contributed by atoms with Crippen LogP contribution in [0.3, 0.4) is 0 Å². The molecule has 10 heteroatoms. The Kier molecular flexibility index (Phi) is 5.88. The number of piperidine rings is 2. The zero-order valence-electron chi connectivity index (χ0n) is 17.5. The molecule has 0 saturated carbocycles. The molecule has 2 aliphatic rings. The van der Waals surface area contributed by atoms with Crippen LogP contribution in [0, 0.1) is 6.92 Å². The molecule has 162 valence electrons. The van der Waals surface area contributed by atoms with E-state index < -0.39 is 10.0 Å². The van der Waals surface area contributed by atoms with E-state index in [4.69, 9.17) is 0 Å². The third-order valence-corrected chi connectivity index (χ3v) is 7.76. The highest BCUT2D eigenvalue weighted by molar-refractivity contribution is 7.89. The van der Waals surface area contributed by atoms with Crippen molar-refractivity contribution in [3.8, 4) is 0 Å². The number of aryl methyl sites for hydroxylation is 2. The van der Waals surface area contributed by atoms with E-state index >= 15 is 0 Å². The largest absolute Gasteiger partial charge is 0.339 e. The highest BCUT2D eigenvalue weighted by Crippen LogP contribution is 2.29. The fraction of sp³-hybridized carbons (Fsp3) is 0.600. The number of hydrogen-bond acceptors (Lipinski definition) is 6. The second-order valence-electron chi connectivity index (χ2n) is 8.13. The summed E-state index contributed by atoms with van der Waals surface area (Å²) in [4.78, 5) is 24.0. The van der Waals surface area contributed by atoms with Crippen LogP contribution in [0.15, 0.2) is 23.5 Å². The predicted molar refractivity (Wildman–Crippen MR) is 110 cm³/mol. The summed E-state index contributed by atoms with van der Waals surface area (Å²) in [6.07, 6.45) is 9.29. The number of carbonyl (C=O) groups excluding carboxylic acids is 1. The number of nitrogens with zero attached hydrogens (tertiary/aromatic N) is 6. The summed E-state index contributed by atoms with van der Waals surface area (Å²) in [5.41, 5.74) is 1.19. The summed E-state index contributed by atoms with van der Waals surface area (Å²) in [6, 6.07) is 0. The molecule has 1 amide bonds. The highest BCUT2D eigenvalue weighted by atomic mass is 32.2. The van der Waals surface area contributed by atoms with Crippen LogP contribution in [0.4, 0.5) is 0 Å². The molecule has 0 radical (unpaired) electrons. The molecule has 9 nitrogen and oxygen atoms in total. The van der Waals surface area contributed by atoms with Crippen LogP contribution in [0.2, 0.25) is 0 Å². The van der Waals surface area contributed by atoms with Gasteiger partial charge in [0.25, 0.3) is 5.91 Å². The SMILES string of the molecule is Cc1nc(C2CCCN(S(=O)(=O)c3cnn(C)c3)C2)ncc1C(=O)N1CCCCC1. The first kappa shape index (κ1) is 20.9. The average molecular weight is 433 g/mol. The molecule has 0 aromatic carbocycles. The summed E-state index contributed by atoms with van der Waals surface area (Å²) >= 11 is 0. The van der Waals surface area contributed by atoms with E-state index in [9.17, 15) is 13.2 Å². The van der Waals surface area contributed by atoms with Crippen molar-refractivity contribution in [2.75, 3.05) is 26.2 Å². The maximum atomic E-state index is 12.9. The Labute approximate surface area is 177 Å². The minimum Gasteiger partial charge on any atom is -0.339 e. The molecule has 2 aromatic rings. The maximum absolute atomic E-state index is 12.9. The van der Waals surface area contributed by atoms with Gasteiger partial charge in [0.2, 0.25) is 10.0 Å². The van der Waals surface area contributed by atoms with Crippen LogP contribution in [0.25, 0.3) is 0 Å². The van der Waals surface area contributed by atoms with Gasteiger partial charge in [-0.15, -0.1) is 0 Å². The van der Waals surface area contributed by atoms with Crippen LogP contribution in [0.5, 0.6) is 0 Å². The first-order valence-electron chi connectivity index (χ1n) is 10.5. The molecular weight excluding hydrogens is 404 g/mol. The molecule has 0 aliphatic carbocycles. The molecule has 2 saturated heterocycles. The van der Waals surface area contributed by atoms with Gasteiger partial charge in [-0.1, -0.05) is 0 Å². The van der Waals surface area contributed by atoms with E-state index in [1.165, 1.54) is 27.8 Å². The van der Waals surface area contributed by atoms with Gasteiger partial charge < -0.3 is 4.90 Å². The van der Waals surface area contributed by atoms with Gasteiger partial charge in [0, 0.05) is 51.5 Å². The van der Waals surface area contributed by atoms with Gasteiger partial charge in [0.05, 0.1) is 17.5 Å². The number of sulfonamides is 1. The van der Waals surface area contributed by atoms with Crippen molar-refractivity contribution in [2.24, 2.45) is 7.05 Å². The molecule has 4 rings (SSSR count). The van der Waals surface area contributed by atoms with Crippen molar-refractivity contribution in [3.63, 3.8) is 0 Å². The number of amides is 1. The molecule has 2 fully saturated rings. The molecule has 1 atom stereocenters. The number of hydrogen-bond donors (Lipinski definition) is 0. The van der Waals surface area contributed by atoms with Crippen LogP contribution in [0.1, 0.15) is 59.9 Å². The molecule has 0 bridgehead atoms. The van der Waals surface area contributed by atoms with Crippen molar-refractivity contribution in [3.05, 3.63) is 35.7 Å². The summed E-state index contributed by atoms with van der Waals surface area (Å²) in [6.45, 7) is 4.19. The molecule has 30 heavy (non-hydrogen) atoms. The summed E-state index contributed by atoms with van der Waals surface area (Å²) < 4.78 is 28.9. The average Bonchev–Trinajstić information content (AvgIpc) is 3.21. The Hall–Kier alpha value is -2.33. The first-order valence-corrected chi connectivity index (χ1v) is 11.9. The molecule has 1 unspecified atom stereocenters. The smallest absolute Gasteiger partial charge is 0.257 e. The molecule has 0 spiro atoms. The van der Waals surface area contributed by atoms with Gasteiger partial charge >= 0.3 is 0 Å².